The van der Waals surface area contributed by atoms with Crippen molar-refractivity contribution in [2.75, 3.05) is 13.2 Å². The van der Waals surface area contributed by atoms with Gasteiger partial charge < -0.3 is 20.3 Å². The van der Waals surface area contributed by atoms with Gasteiger partial charge in [-0.1, -0.05) is 333 Å². The minimum Gasteiger partial charge on any atom is -0.466 e. The van der Waals surface area contributed by atoms with Gasteiger partial charge in [-0.05, 0) is 83.5 Å². The van der Waals surface area contributed by atoms with Crippen LogP contribution in [0.4, 0.5) is 0 Å². The zero-order valence-corrected chi connectivity index (χ0v) is 53.4. The first kappa shape index (κ1) is 77.1. The molecule has 6 nitrogen and oxygen atoms in total. The molecular formula is C73H139NO5. The number of carbonyl (C=O) groups is 2. The van der Waals surface area contributed by atoms with Crippen molar-refractivity contribution in [1.82, 2.24) is 5.32 Å². The average Bonchev–Trinajstić information content (AvgIpc) is 3.45. The number of rotatable bonds is 67. The maximum absolute atomic E-state index is 12.5. The van der Waals surface area contributed by atoms with Crippen molar-refractivity contribution in [3.63, 3.8) is 0 Å². The Balaban J connectivity index is 3.38. The van der Waals surface area contributed by atoms with E-state index < -0.39 is 12.1 Å². The van der Waals surface area contributed by atoms with Gasteiger partial charge in [0.05, 0.1) is 25.4 Å². The highest BCUT2D eigenvalue weighted by Gasteiger charge is 2.20. The number of hydrogen-bond acceptors (Lipinski definition) is 5. The molecule has 0 fully saturated rings. The van der Waals surface area contributed by atoms with E-state index in [-0.39, 0.29) is 18.5 Å². The molecule has 0 aliphatic carbocycles. The number of carbonyl (C=O) groups excluding carboxylic acids is 2. The quantitative estimate of drug-likeness (QED) is 0.0320. The number of amides is 1. The zero-order chi connectivity index (χ0) is 57.1. The summed E-state index contributed by atoms with van der Waals surface area (Å²) in [6.45, 7) is 4.97. The van der Waals surface area contributed by atoms with Crippen LogP contribution in [-0.4, -0.2) is 47.4 Å². The Labute approximate surface area is 494 Å². The number of unbranched alkanes of at least 4 members (excludes halogenated alkanes) is 50. The minimum absolute atomic E-state index is 0.0121. The highest BCUT2D eigenvalue weighted by molar-refractivity contribution is 5.76. The largest absolute Gasteiger partial charge is 0.466 e. The number of allylic oxidation sites excluding steroid dienone is 6. The predicted octanol–water partition coefficient (Wildman–Crippen LogP) is 23.1. The van der Waals surface area contributed by atoms with Gasteiger partial charge >= 0.3 is 5.97 Å². The van der Waals surface area contributed by atoms with Crippen LogP contribution in [0.3, 0.4) is 0 Å². The number of ether oxygens (including phenoxy) is 1. The third-order valence-corrected chi connectivity index (χ3v) is 16.7. The first-order chi connectivity index (χ1) is 39.0. The van der Waals surface area contributed by atoms with Crippen LogP contribution in [0.2, 0.25) is 0 Å². The summed E-state index contributed by atoms with van der Waals surface area (Å²) in [6.07, 6.45) is 87.7. The molecular weight excluding hydrogens is 971 g/mol. The molecule has 0 bridgehead atoms. The van der Waals surface area contributed by atoms with E-state index in [1.165, 1.54) is 308 Å². The summed E-state index contributed by atoms with van der Waals surface area (Å²) in [5, 5.41) is 23.3. The first-order valence-electron chi connectivity index (χ1n) is 35.7. The molecule has 466 valence electrons. The van der Waals surface area contributed by atoms with Gasteiger partial charge in [0.1, 0.15) is 0 Å². The fourth-order valence-electron chi connectivity index (χ4n) is 11.2. The smallest absolute Gasteiger partial charge is 0.305 e. The maximum atomic E-state index is 12.5. The van der Waals surface area contributed by atoms with Crippen molar-refractivity contribution in [2.45, 2.75) is 405 Å². The van der Waals surface area contributed by atoms with E-state index in [1.807, 2.05) is 0 Å². The van der Waals surface area contributed by atoms with Crippen LogP contribution in [0.25, 0.3) is 0 Å². The van der Waals surface area contributed by atoms with Crippen LogP contribution in [0.5, 0.6) is 0 Å². The van der Waals surface area contributed by atoms with E-state index in [9.17, 15) is 19.8 Å². The number of esters is 1. The molecule has 0 aromatic carbocycles. The van der Waals surface area contributed by atoms with Gasteiger partial charge in [0.25, 0.3) is 0 Å². The maximum Gasteiger partial charge on any atom is 0.305 e. The van der Waals surface area contributed by atoms with E-state index in [1.54, 1.807) is 0 Å². The summed E-state index contributed by atoms with van der Waals surface area (Å²) in [7, 11) is 0. The van der Waals surface area contributed by atoms with Crippen molar-refractivity contribution in [2.24, 2.45) is 0 Å². The van der Waals surface area contributed by atoms with Gasteiger partial charge in [-0.15, -0.1) is 0 Å². The van der Waals surface area contributed by atoms with Crippen molar-refractivity contribution >= 4 is 11.9 Å². The van der Waals surface area contributed by atoms with E-state index in [2.05, 4.69) is 55.6 Å². The summed E-state index contributed by atoms with van der Waals surface area (Å²) in [5.41, 5.74) is 0. The summed E-state index contributed by atoms with van der Waals surface area (Å²) in [4.78, 5) is 24.6. The van der Waals surface area contributed by atoms with E-state index >= 15 is 0 Å². The second-order valence-electron chi connectivity index (χ2n) is 24.6. The summed E-state index contributed by atoms with van der Waals surface area (Å²) in [6, 6.07) is -0.542. The molecule has 2 unspecified atom stereocenters. The van der Waals surface area contributed by atoms with Crippen LogP contribution in [0, 0.1) is 0 Å². The fourth-order valence-corrected chi connectivity index (χ4v) is 11.2. The third-order valence-electron chi connectivity index (χ3n) is 16.7. The first-order valence-corrected chi connectivity index (χ1v) is 35.7. The van der Waals surface area contributed by atoms with Crippen LogP contribution in [0.15, 0.2) is 36.5 Å². The molecule has 0 aliphatic rings. The Morgan fingerprint density at radius 1 is 0.354 bits per heavy atom. The van der Waals surface area contributed by atoms with Gasteiger partial charge in [0, 0.05) is 12.8 Å². The summed E-state index contributed by atoms with van der Waals surface area (Å²) in [5.74, 6) is -0.0219. The van der Waals surface area contributed by atoms with Crippen molar-refractivity contribution in [3.8, 4) is 0 Å². The lowest BCUT2D eigenvalue weighted by molar-refractivity contribution is -0.143. The Kier molecular flexibility index (Phi) is 66.9. The van der Waals surface area contributed by atoms with E-state index in [4.69, 9.17) is 4.74 Å². The molecule has 79 heavy (non-hydrogen) atoms. The number of nitrogens with one attached hydrogen (secondary N) is 1. The zero-order valence-electron chi connectivity index (χ0n) is 53.4. The Morgan fingerprint density at radius 2 is 0.633 bits per heavy atom. The molecule has 1 amide bonds. The molecule has 3 N–H and O–H groups in total. The van der Waals surface area contributed by atoms with Crippen molar-refractivity contribution in [3.05, 3.63) is 36.5 Å². The van der Waals surface area contributed by atoms with Crippen LogP contribution in [-0.2, 0) is 14.3 Å². The van der Waals surface area contributed by atoms with E-state index in [0.717, 1.165) is 51.4 Å². The average molecular weight is 1110 g/mol. The number of hydrogen-bond donors (Lipinski definition) is 3. The van der Waals surface area contributed by atoms with Gasteiger partial charge in [0.15, 0.2) is 0 Å². The second kappa shape index (κ2) is 68.6. The molecule has 0 aromatic rings. The highest BCUT2D eigenvalue weighted by Crippen LogP contribution is 2.18. The topological polar surface area (TPSA) is 95.9 Å². The number of aliphatic hydroxyl groups excluding tert-OH is 2. The normalized spacial score (nSPS) is 12.7. The standard InChI is InChI=1S/C73H139NO5/c1-3-5-7-9-11-13-15-17-19-20-32-36-39-43-47-51-55-59-63-67-73(78)79-68-64-60-56-52-48-44-40-37-34-31-29-27-25-23-21-22-24-26-28-30-33-35-38-42-46-50-54-58-62-66-72(77)74-70(69-75)71(76)65-61-57-53-49-45-41-18-16-14-12-10-8-6-4-2/h17,19,21,23,27,29,70-71,75-76H,3-16,18,20,22,24-26,28,30-69H2,1-2H3,(H,74,77)/b19-17-,23-21-,29-27-. The molecule has 0 heterocycles. The number of aliphatic hydroxyl groups is 2. The highest BCUT2D eigenvalue weighted by atomic mass is 16.5. The Bertz CT molecular complexity index is 1280. The van der Waals surface area contributed by atoms with Gasteiger partial charge in [-0.25, -0.2) is 0 Å². The molecule has 6 heteroatoms. The lowest BCUT2D eigenvalue weighted by Crippen LogP contribution is -2.45. The Morgan fingerprint density at radius 3 is 0.975 bits per heavy atom. The van der Waals surface area contributed by atoms with Gasteiger partial charge in [-0.3, -0.25) is 9.59 Å². The molecule has 0 aromatic heterocycles. The molecule has 0 rings (SSSR count). The summed E-state index contributed by atoms with van der Waals surface area (Å²) >= 11 is 0. The fraction of sp³-hybridized carbons (Fsp3) is 0.890. The molecule has 0 aliphatic heterocycles. The third kappa shape index (κ3) is 65.1. The molecule has 2 atom stereocenters. The predicted molar refractivity (Wildman–Crippen MR) is 347 cm³/mol. The Hall–Kier alpha value is -1.92. The van der Waals surface area contributed by atoms with Crippen molar-refractivity contribution < 1.29 is 24.5 Å². The van der Waals surface area contributed by atoms with Crippen LogP contribution >= 0.6 is 0 Å². The second-order valence-corrected chi connectivity index (χ2v) is 24.6. The lowest BCUT2D eigenvalue weighted by Gasteiger charge is -2.22. The summed E-state index contributed by atoms with van der Waals surface area (Å²) < 4.78 is 5.51. The SMILES string of the molecule is CCCCCCCC/C=C\CCCCCCCCCCCC(=O)OCCCCCCCCCCC/C=C\C/C=C\CCCCCCCCCCCCCCCC(=O)NC(CO)C(O)CCCCCCCCCCCCCCCC. The minimum atomic E-state index is -0.665. The van der Waals surface area contributed by atoms with Crippen molar-refractivity contribution in [1.29, 1.82) is 0 Å². The lowest BCUT2D eigenvalue weighted by atomic mass is 10.0. The van der Waals surface area contributed by atoms with Gasteiger partial charge in [0.2, 0.25) is 5.91 Å². The van der Waals surface area contributed by atoms with Crippen LogP contribution < -0.4 is 5.32 Å². The molecule has 0 spiro atoms. The molecule has 0 radical (unpaired) electrons. The van der Waals surface area contributed by atoms with Crippen LogP contribution in [0.1, 0.15) is 393 Å². The van der Waals surface area contributed by atoms with E-state index in [0.29, 0.717) is 25.9 Å². The molecule has 0 saturated carbocycles. The molecule has 0 saturated heterocycles. The monoisotopic (exact) mass is 1110 g/mol. The van der Waals surface area contributed by atoms with Gasteiger partial charge in [-0.2, -0.15) is 0 Å².